The predicted molar refractivity (Wildman–Crippen MR) is 63.9 cm³/mol. The molecular formula is C9H6F2INS. The molecule has 0 radical (unpaired) electrons. The summed E-state index contributed by atoms with van der Waals surface area (Å²) >= 11 is 3.45. The number of nitrogens with two attached hydrogens (primary N) is 1. The minimum Gasteiger partial charge on any atom is -0.397 e. The second-order valence-corrected chi connectivity index (χ2v) is 4.85. The van der Waals surface area contributed by atoms with Crippen LogP contribution in [-0.4, -0.2) is 0 Å². The third kappa shape index (κ3) is 1.48. The summed E-state index contributed by atoms with van der Waals surface area (Å²) < 4.78 is 26.7. The lowest BCUT2D eigenvalue weighted by atomic mass is 10.1. The normalized spacial score (nSPS) is 11.4. The number of anilines is 1. The molecule has 0 atom stereocenters. The van der Waals surface area contributed by atoms with Crippen molar-refractivity contribution in [3.63, 3.8) is 0 Å². The van der Waals surface area contributed by atoms with Gasteiger partial charge in [-0.05, 0) is 40.1 Å². The second kappa shape index (κ2) is 3.62. The maximum atomic E-state index is 12.6. The highest BCUT2D eigenvalue weighted by atomic mass is 127. The van der Waals surface area contributed by atoms with Crippen LogP contribution in [-0.2, 0) is 0 Å². The summed E-state index contributed by atoms with van der Waals surface area (Å²) in [6, 6.07) is 3.37. The highest BCUT2D eigenvalue weighted by molar-refractivity contribution is 14.1. The number of thiophene rings is 1. The van der Waals surface area contributed by atoms with Gasteiger partial charge in [0.1, 0.15) is 0 Å². The van der Waals surface area contributed by atoms with E-state index in [1.807, 2.05) is 34.0 Å². The molecule has 2 aromatic rings. The molecule has 0 aliphatic carbocycles. The van der Waals surface area contributed by atoms with Crippen LogP contribution in [0.3, 0.4) is 0 Å². The van der Waals surface area contributed by atoms with Gasteiger partial charge >= 0.3 is 0 Å². The molecule has 0 amide bonds. The summed E-state index contributed by atoms with van der Waals surface area (Å²) in [5.41, 5.74) is 5.76. The van der Waals surface area contributed by atoms with Crippen LogP contribution in [0.1, 0.15) is 12.0 Å². The smallest absolute Gasteiger partial charge is 0.265 e. The Morgan fingerprint density at radius 3 is 2.79 bits per heavy atom. The molecule has 0 aliphatic rings. The molecule has 2 rings (SSSR count). The van der Waals surface area contributed by atoms with E-state index in [1.54, 1.807) is 0 Å². The summed E-state index contributed by atoms with van der Waals surface area (Å²) in [5, 5.41) is 2.83. The second-order valence-electron chi connectivity index (χ2n) is 2.83. The number of rotatable bonds is 1. The predicted octanol–water partition coefficient (Wildman–Crippen LogP) is 4.03. The van der Waals surface area contributed by atoms with Crippen molar-refractivity contribution in [3.8, 4) is 0 Å². The van der Waals surface area contributed by atoms with Crippen LogP contribution in [0.5, 0.6) is 0 Å². The number of halogens is 3. The lowest BCUT2D eigenvalue weighted by Gasteiger charge is -2.07. The van der Waals surface area contributed by atoms with Gasteiger partial charge in [0.2, 0.25) is 0 Å². The lowest BCUT2D eigenvalue weighted by molar-refractivity contribution is 0.152. The number of nitrogen functional groups attached to an aromatic ring is 1. The minimum atomic E-state index is -2.50. The number of hydrogen-bond acceptors (Lipinski definition) is 2. The van der Waals surface area contributed by atoms with Gasteiger partial charge in [0.15, 0.2) is 0 Å². The van der Waals surface area contributed by atoms with E-state index >= 15 is 0 Å². The van der Waals surface area contributed by atoms with Crippen molar-refractivity contribution in [2.24, 2.45) is 0 Å². The van der Waals surface area contributed by atoms with Gasteiger partial charge in [0.25, 0.3) is 6.43 Å². The fourth-order valence-corrected chi connectivity index (χ4v) is 3.09. The van der Waals surface area contributed by atoms with Gasteiger partial charge in [-0.2, -0.15) is 0 Å². The van der Waals surface area contributed by atoms with Crippen LogP contribution in [0, 0.1) is 3.57 Å². The molecule has 1 aromatic carbocycles. The van der Waals surface area contributed by atoms with Crippen LogP contribution in [0.2, 0.25) is 0 Å². The molecule has 1 heterocycles. The molecule has 0 unspecified atom stereocenters. The molecule has 0 fully saturated rings. The Labute approximate surface area is 97.1 Å². The number of alkyl halides is 2. The Hall–Kier alpha value is -0.430. The summed E-state index contributed by atoms with van der Waals surface area (Å²) in [6.45, 7) is 0. The van der Waals surface area contributed by atoms with E-state index in [2.05, 4.69) is 0 Å². The summed E-state index contributed by atoms with van der Waals surface area (Å²) in [6.07, 6.45) is -2.50. The van der Waals surface area contributed by atoms with E-state index in [0.717, 1.165) is 13.7 Å². The largest absolute Gasteiger partial charge is 0.397 e. The fourth-order valence-electron chi connectivity index (χ4n) is 1.29. The monoisotopic (exact) mass is 325 g/mol. The van der Waals surface area contributed by atoms with Gasteiger partial charge in [0.05, 0.1) is 5.69 Å². The van der Waals surface area contributed by atoms with Crippen molar-refractivity contribution in [3.05, 3.63) is 26.6 Å². The van der Waals surface area contributed by atoms with Crippen molar-refractivity contribution in [1.82, 2.24) is 0 Å². The highest BCUT2D eigenvalue weighted by Gasteiger charge is 2.16. The van der Waals surface area contributed by atoms with E-state index in [-0.39, 0.29) is 11.3 Å². The molecule has 0 aliphatic heterocycles. The minimum absolute atomic E-state index is 0.0654. The van der Waals surface area contributed by atoms with Crippen LogP contribution < -0.4 is 5.73 Å². The molecule has 0 saturated heterocycles. The maximum absolute atomic E-state index is 12.6. The van der Waals surface area contributed by atoms with Crippen molar-refractivity contribution < 1.29 is 8.78 Å². The van der Waals surface area contributed by atoms with E-state index in [0.29, 0.717) is 0 Å². The van der Waals surface area contributed by atoms with E-state index in [4.69, 9.17) is 5.73 Å². The average molecular weight is 325 g/mol. The molecule has 1 aromatic heterocycles. The number of benzene rings is 1. The van der Waals surface area contributed by atoms with Gasteiger partial charge in [0, 0.05) is 19.2 Å². The number of fused-ring (bicyclic) bond motifs is 1. The Morgan fingerprint density at radius 2 is 2.14 bits per heavy atom. The van der Waals surface area contributed by atoms with Gasteiger partial charge in [-0.15, -0.1) is 11.3 Å². The molecule has 14 heavy (non-hydrogen) atoms. The van der Waals surface area contributed by atoms with Crippen molar-refractivity contribution in [2.45, 2.75) is 6.43 Å². The molecule has 0 saturated carbocycles. The van der Waals surface area contributed by atoms with E-state index < -0.39 is 6.43 Å². The van der Waals surface area contributed by atoms with Crippen LogP contribution in [0.15, 0.2) is 17.5 Å². The molecule has 0 bridgehead atoms. The zero-order chi connectivity index (χ0) is 10.3. The third-order valence-electron chi connectivity index (χ3n) is 2.00. The average Bonchev–Trinajstić information content (AvgIpc) is 2.58. The van der Waals surface area contributed by atoms with Gasteiger partial charge in [-0.25, -0.2) is 8.78 Å². The Morgan fingerprint density at radius 1 is 1.43 bits per heavy atom. The van der Waals surface area contributed by atoms with E-state index in [1.165, 1.54) is 17.4 Å². The summed E-state index contributed by atoms with van der Waals surface area (Å²) in [5.74, 6) is 0. The Bertz CT molecular complexity index is 481. The molecule has 0 spiro atoms. The van der Waals surface area contributed by atoms with Gasteiger partial charge in [-0.3, -0.25) is 0 Å². The maximum Gasteiger partial charge on any atom is 0.265 e. The molecule has 5 heteroatoms. The molecular weight excluding hydrogens is 319 g/mol. The SMILES string of the molecule is Nc1c(C(F)F)cc2sccc2c1I. The highest BCUT2D eigenvalue weighted by Crippen LogP contribution is 2.36. The first-order chi connectivity index (χ1) is 6.61. The standard InChI is InChI=1S/C9H6F2INS/c10-9(11)5-3-6-4(1-2-14-6)7(12)8(5)13/h1-3,9H,13H2. The first-order valence-electron chi connectivity index (χ1n) is 3.84. The molecule has 2 N–H and O–H groups in total. The summed E-state index contributed by atoms with van der Waals surface area (Å²) in [7, 11) is 0. The zero-order valence-electron chi connectivity index (χ0n) is 6.93. The zero-order valence-corrected chi connectivity index (χ0v) is 9.90. The lowest BCUT2D eigenvalue weighted by Crippen LogP contribution is -1.97. The quantitative estimate of drug-likeness (QED) is 0.622. The van der Waals surface area contributed by atoms with Crippen LogP contribution in [0.25, 0.3) is 10.1 Å². The van der Waals surface area contributed by atoms with Gasteiger partial charge in [-0.1, -0.05) is 0 Å². The van der Waals surface area contributed by atoms with Crippen molar-refractivity contribution >= 4 is 49.7 Å². The molecule has 74 valence electrons. The first kappa shape index (κ1) is 10.1. The van der Waals surface area contributed by atoms with E-state index in [9.17, 15) is 8.78 Å². The Balaban J connectivity index is 2.80. The Kier molecular flexibility index (Phi) is 2.61. The topological polar surface area (TPSA) is 26.0 Å². The molecule has 1 nitrogen and oxygen atoms in total. The van der Waals surface area contributed by atoms with Gasteiger partial charge < -0.3 is 5.73 Å². The number of hydrogen-bond donors (Lipinski definition) is 1. The third-order valence-corrected chi connectivity index (χ3v) is 4.03. The summed E-state index contributed by atoms with van der Waals surface area (Å²) in [4.78, 5) is 0. The van der Waals surface area contributed by atoms with Crippen molar-refractivity contribution in [1.29, 1.82) is 0 Å². The van der Waals surface area contributed by atoms with Crippen LogP contribution in [0.4, 0.5) is 14.5 Å². The first-order valence-corrected chi connectivity index (χ1v) is 5.80. The van der Waals surface area contributed by atoms with Crippen LogP contribution >= 0.6 is 33.9 Å². The fraction of sp³-hybridized carbons (Fsp3) is 0.111. The van der Waals surface area contributed by atoms with Crippen molar-refractivity contribution in [2.75, 3.05) is 5.73 Å².